The van der Waals surface area contributed by atoms with E-state index in [0.717, 1.165) is 11.3 Å². The highest BCUT2D eigenvalue weighted by Gasteiger charge is 2.35. The van der Waals surface area contributed by atoms with E-state index in [-0.39, 0.29) is 36.7 Å². The smallest absolute Gasteiger partial charge is 0.261 e. The molecule has 2 atom stereocenters. The molecule has 13 heteroatoms. The number of nitrogens with one attached hydrogen (secondary N) is 2. The van der Waals surface area contributed by atoms with Crippen molar-refractivity contribution in [3.63, 3.8) is 0 Å². The molecule has 9 nitrogen and oxygen atoms in total. The molecular weight excluding hydrogens is 543 g/mol. The lowest BCUT2D eigenvalue weighted by Crippen LogP contribution is -2.53. The number of halogens is 2. The second-order valence-corrected chi connectivity index (χ2v) is 11.6. The van der Waals surface area contributed by atoms with Crippen LogP contribution in [0.1, 0.15) is 16.1 Å². The van der Waals surface area contributed by atoms with Gasteiger partial charge in [-0.3, -0.25) is 14.6 Å². The number of thiophene rings is 1. The minimum absolute atomic E-state index is 0.0662. The predicted octanol–water partition coefficient (Wildman–Crippen LogP) is 3.12. The van der Waals surface area contributed by atoms with Gasteiger partial charge >= 0.3 is 0 Å². The first-order valence-corrected chi connectivity index (χ1v) is 13.9. The number of pyridine rings is 1. The van der Waals surface area contributed by atoms with Gasteiger partial charge in [0.15, 0.2) is 0 Å². The molecule has 4 rings (SSSR count). The average Bonchev–Trinajstić information content (AvgIpc) is 3.54. The Labute approximate surface area is 222 Å². The molecule has 1 aliphatic heterocycles. The number of carbonyl (C=O) groups is 2. The molecule has 0 aliphatic carbocycles. The average molecular weight is 567 g/mol. The van der Waals surface area contributed by atoms with Gasteiger partial charge in [0.05, 0.1) is 22.9 Å². The Balaban J connectivity index is 1.62. The van der Waals surface area contributed by atoms with E-state index in [0.29, 0.717) is 20.3 Å². The Morgan fingerprint density at radius 2 is 2.08 bits per heavy atom. The molecule has 3 aromatic rings. The van der Waals surface area contributed by atoms with E-state index in [2.05, 4.69) is 15.0 Å². The van der Waals surface area contributed by atoms with Crippen molar-refractivity contribution < 1.29 is 27.1 Å². The molecule has 0 saturated carbocycles. The summed E-state index contributed by atoms with van der Waals surface area (Å²) >= 11 is 6.94. The Hall–Kier alpha value is -3.06. The summed E-state index contributed by atoms with van der Waals surface area (Å²) in [4.78, 5) is 31.2. The molecule has 1 saturated heterocycles. The minimum atomic E-state index is -4.34. The van der Waals surface area contributed by atoms with Crippen molar-refractivity contribution in [2.75, 3.05) is 26.7 Å². The number of hydrogen-bond donors (Lipinski definition) is 2. The summed E-state index contributed by atoms with van der Waals surface area (Å²) in [7, 11) is -2.99. The Kier molecular flexibility index (Phi) is 8.42. The van der Waals surface area contributed by atoms with E-state index in [1.807, 2.05) is 0 Å². The second kappa shape index (κ2) is 11.5. The maximum Gasteiger partial charge on any atom is 0.261 e. The molecule has 0 bridgehead atoms. The molecule has 3 heterocycles. The van der Waals surface area contributed by atoms with Crippen molar-refractivity contribution in [1.82, 2.24) is 19.9 Å². The van der Waals surface area contributed by atoms with E-state index in [9.17, 15) is 22.4 Å². The van der Waals surface area contributed by atoms with Crippen LogP contribution in [0.3, 0.4) is 0 Å². The number of carbonyl (C=O) groups excluding carboxylic acids is 2. The zero-order valence-electron chi connectivity index (χ0n) is 19.7. The first kappa shape index (κ1) is 27.0. The Bertz CT molecular complexity index is 1390. The topological polar surface area (TPSA) is 118 Å². The van der Waals surface area contributed by atoms with Crippen LogP contribution >= 0.6 is 22.9 Å². The number of hydrogen-bond acceptors (Lipinski definition) is 7. The standard InChI is InChI=1S/C24H24ClFN4O5S2/c1-35-22-17(15-4-3-10-27-12-15)5-2-6-20(22)37(33,34)29-18(24(32)30-11-9-16(26)14-30)13-28-23(31)19-7-8-21(25)36-19/h2-8,10,12,16,18,29H,9,11,13-14H2,1H3,(H,28,31)/t16-,18-/m0/s1. The number of methoxy groups -OCH3 is 1. The first-order valence-electron chi connectivity index (χ1n) is 11.3. The van der Waals surface area contributed by atoms with E-state index < -0.39 is 34.1 Å². The van der Waals surface area contributed by atoms with Gasteiger partial charge in [-0.25, -0.2) is 12.8 Å². The van der Waals surface area contributed by atoms with E-state index in [4.69, 9.17) is 16.3 Å². The maximum absolute atomic E-state index is 13.8. The van der Waals surface area contributed by atoms with Crippen LogP contribution in [0.4, 0.5) is 4.39 Å². The Morgan fingerprint density at radius 3 is 2.70 bits per heavy atom. The predicted molar refractivity (Wildman–Crippen MR) is 138 cm³/mol. The van der Waals surface area contributed by atoms with Crippen LogP contribution in [-0.2, 0) is 14.8 Å². The maximum atomic E-state index is 13.8. The van der Waals surface area contributed by atoms with Crippen LogP contribution in [-0.4, -0.2) is 69.1 Å². The zero-order valence-corrected chi connectivity index (χ0v) is 22.1. The monoisotopic (exact) mass is 566 g/mol. The van der Waals surface area contributed by atoms with Crippen molar-refractivity contribution in [3.05, 3.63) is 64.1 Å². The van der Waals surface area contributed by atoms with Crippen LogP contribution < -0.4 is 14.8 Å². The number of alkyl halides is 1. The summed E-state index contributed by atoms with van der Waals surface area (Å²) in [6, 6.07) is 9.74. The molecule has 1 aliphatic rings. The third-order valence-corrected chi connectivity index (χ3v) is 8.47. The summed E-state index contributed by atoms with van der Waals surface area (Å²) in [5.41, 5.74) is 1.13. The largest absolute Gasteiger partial charge is 0.495 e. The van der Waals surface area contributed by atoms with Gasteiger partial charge in [-0.15, -0.1) is 11.3 Å². The fraction of sp³-hybridized carbons (Fsp3) is 0.292. The summed E-state index contributed by atoms with van der Waals surface area (Å²) in [5, 5.41) is 2.57. The second-order valence-electron chi connectivity index (χ2n) is 8.24. The molecule has 0 unspecified atom stereocenters. The van der Waals surface area contributed by atoms with Gasteiger partial charge in [-0.05, 0) is 30.7 Å². The molecule has 196 valence electrons. The summed E-state index contributed by atoms with van der Waals surface area (Å²) in [6.07, 6.45) is 2.13. The molecule has 2 aromatic heterocycles. The number of aromatic nitrogens is 1. The number of rotatable bonds is 9. The van der Waals surface area contributed by atoms with E-state index >= 15 is 0 Å². The van der Waals surface area contributed by atoms with E-state index in [1.165, 1.54) is 24.1 Å². The van der Waals surface area contributed by atoms with Gasteiger partial charge in [0.1, 0.15) is 22.9 Å². The van der Waals surface area contributed by atoms with Gasteiger partial charge < -0.3 is 15.0 Å². The van der Waals surface area contributed by atoms with Gasteiger partial charge in [0, 0.05) is 36.6 Å². The van der Waals surface area contributed by atoms with Gasteiger partial charge in [-0.1, -0.05) is 29.8 Å². The van der Waals surface area contributed by atoms with Crippen molar-refractivity contribution in [2.24, 2.45) is 0 Å². The van der Waals surface area contributed by atoms with Crippen LogP contribution in [0.2, 0.25) is 4.34 Å². The number of likely N-dealkylation sites (tertiary alicyclic amines) is 1. The van der Waals surface area contributed by atoms with Crippen LogP contribution in [0, 0.1) is 0 Å². The zero-order chi connectivity index (χ0) is 26.6. The SMILES string of the molecule is COc1c(-c2cccnc2)cccc1S(=O)(=O)N[C@@H](CNC(=O)c1ccc(Cl)s1)C(=O)N1CC[C@H](F)C1. The van der Waals surface area contributed by atoms with Crippen LogP contribution in [0.15, 0.2) is 59.8 Å². The molecule has 1 aromatic carbocycles. The lowest BCUT2D eigenvalue weighted by Gasteiger charge is -2.24. The quantitative estimate of drug-likeness (QED) is 0.411. The van der Waals surface area contributed by atoms with Crippen molar-refractivity contribution >= 4 is 44.8 Å². The van der Waals surface area contributed by atoms with E-state index in [1.54, 1.807) is 42.7 Å². The van der Waals surface area contributed by atoms with Crippen molar-refractivity contribution in [2.45, 2.75) is 23.5 Å². The number of para-hydroxylation sites is 1. The molecular formula is C24H24ClFN4O5S2. The van der Waals surface area contributed by atoms with Crippen LogP contribution in [0.25, 0.3) is 11.1 Å². The molecule has 37 heavy (non-hydrogen) atoms. The number of amides is 2. The first-order chi connectivity index (χ1) is 17.7. The van der Waals surface area contributed by atoms with Gasteiger partial charge in [-0.2, -0.15) is 4.72 Å². The number of sulfonamides is 1. The lowest BCUT2D eigenvalue weighted by molar-refractivity contribution is -0.132. The normalized spacial score (nSPS) is 16.4. The molecule has 0 spiro atoms. The van der Waals surface area contributed by atoms with Crippen LogP contribution in [0.5, 0.6) is 5.75 Å². The summed E-state index contributed by atoms with van der Waals surface area (Å²) in [5.74, 6) is -1.10. The molecule has 1 fully saturated rings. The third-order valence-electron chi connectivity index (χ3n) is 5.75. The Morgan fingerprint density at radius 1 is 1.27 bits per heavy atom. The molecule has 2 amide bonds. The summed E-state index contributed by atoms with van der Waals surface area (Å²) < 4.78 is 49.1. The lowest BCUT2D eigenvalue weighted by atomic mass is 10.1. The summed E-state index contributed by atoms with van der Waals surface area (Å²) in [6.45, 7) is -0.359. The minimum Gasteiger partial charge on any atom is -0.495 e. The fourth-order valence-corrected chi connectivity index (χ4v) is 6.31. The molecule has 0 radical (unpaired) electrons. The molecule has 2 N–H and O–H groups in total. The highest BCUT2D eigenvalue weighted by atomic mass is 35.5. The number of ether oxygens (including phenoxy) is 1. The van der Waals surface area contributed by atoms with Gasteiger partial charge in [0.25, 0.3) is 5.91 Å². The highest BCUT2D eigenvalue weighted by Crippen LogP contribution is 2.35. The highest BCUT2D eigenvalue weighted by molar-refractivity contribution is 7.89. The van der Waals surface area contributed by atoms with Gasteiger partial charge in [0.2, 0.25) is 15.9 Å². The number of benzene rings is 1. The number of nitrogens with zero attached hydrogens (tertiary/aromatic N) is 2. The third kappa shape index (κ3) is 6.27. The fourth-order valence-electron chi connectivity index (χ4n) is 3.97. The van der Waals surface area contributed by atoms with Crippen molar-refractivity contribution in [1.29, 1.82) is 0 Å². The van der Waals surface area contributed by atoms with Crippen molar-refractivity contribution in [3.8, 4) is 16.9 Å².